The van der Waals surface area contributed by atoms with Gasteiger partial charge in [-0.25, -0.2) is 4.99 Å². The van der Waals surface area contributed by atoms with Crippen LogP contribution >= 0.6 is 0 Å². The Bertz CT molecular complexity index is 739. The van der Waals surface area contributed by atoms with Crippen LogP contribution in [0, 0.1) is 5.92 Å². The highest BCUT2D eigenvalue weighted by molar-refractivity contribution is 6.02. The number of hydrogen-bond acceptors (Lipinski definition) is 2. The van der Waals surface area contributed by atoms with Crippen molar-refractivity contribution in [3.8, 4) is 0 Å². The molecule has 2 aromatic rings. The van der Waals surface area contributed by atoms with Crippen LogP contribution in [-0.4, -0.2) is 16.2 Å². The molecule has 1 aromatic carbocycles. The fourth-order valence-corrected chi connectivity index (χ4v) is 3.75. The Kier molecular flexibility index (Phi) is 2.56. The molecule has 1 aromatic heterocycles. The van der Waals surface area contributed by atoms with Gasteiger partial charge in [0.1, 0.15) is 5.82 Å². The fraction of sp³-hybridized carbons (Fsp3) is 0.412. The number of rotatable bonds is 0. The molecule has 0 N–H and O–H groups in total. The average Bonchev–Trinajstić information content (AvgIpc) is 2.78. The third-order valence-corrected chi connectivity index (χ3v) is 4.67. The van der Waals surface area contributed by atoms with Gasteiger partial charge in [0.05, 0.1) is 5.52 Å². The number of benzene rings is 1. The van der Waals surface area contributed by atoms with Gasteiger partial charge >= 0.3 is 0 Å². The van der Waals surface area contributed by atoms with E-state index in [9.17, 15) is 4.79 Å². The first-order chi connectivity index (χ1) is 9.75. The molecule has 0 bridgehead atoms. The molecule has 1 aliphatic heterocycles. The molecule has 1 fully saturated rings. The van der Waals surface area contributed by atoms with Crippen molar-refractivity contribution >= 4 is 28.3 Å². The number of nitrogens with zero attached hydrogens (tertiary/aromatic N) is 2. The Hall–Kier alpha value is -1.90. The zero-order valence-electron chi connectivity index (χ0n) is 11.7. The van der Waals surface area contributed by atoms with E-state index in [1.807, 2.05) is 18.2 Å². The summed E-state index contributed by atoms with van der Waals surface area (Å²) in [7, 11) is 0. The molecule has 3 nitrogen and oxygen atoms in total. The molecule has 4 rings (SSSR count). The lowest BCUT2D eigenvalue weighted by Gasteiger charge is -2.27. The molecule has 1 saturated carbocycles. The summed E-state index contributed by atoms with van der Waals surface area (Å²) < 4.78 is 1.79. The van der Waals surface area contributed by atoms with E-state index in [-0.39, 0.29) is 5.91 Å². The molecule has 3 heteroatoms. The third kappa shape index (κ3) is 1.59. The summed E-state index contributed by atoms with van der Waals surface area (Å²) in [4.78, 5) is 16.9. The van der Waals surface area contributed by atoms with E-state index in [1.165, 1.54) is 35.9 Å². The molecule has 2 aliphatic rings. The van der Waals surface area contributed by atoms with Crippen LogP contribution in [0.5, 0.6) is 0 Å². The molecular formula is C17H18N2O. The van der Waals surface area contributed by atoms with Gasteiger partial charge in [-0.05, 0) is 31.7 Å². The smallest absolute Gasteiger partial charge is 0.229 e. The predicted octanol–water partition coefficient (Wildman–Crippen LogP) is 4.12. The van der Waals surface area contributed by atoms with Gasteiger partial charge in [0, 0.05) is 29.5 Å². The van der Waals surface area contributed by atoms with Crippen molar-refractivity contribution in [2.75, 3.05) is 0 Å². The van der Waals surface area contributed by atoms with Gasteiger partial charge in [0.25, 0.3) is 0 Å². The number of aliphatic imine (C=N–C) groups is 1. The van der Waals surface area contributed by atoms with Gasteiger partial charge in [-0.1, -0.05) is 24.6 Å². The van der Waals surface area contributed by atoms with Crippen LogP contribution in [0.1, 0.15) is 43.0 Å². The summed E-state index contributed by atoms with van der Waals surface area (Å²) in [6.45, 7) is 1.62. The zero-order chi connectivity index (χ0) is 13.7. The van der Waals surface area contributed by atoms with E-state index >= 15 is 0 Å². The van der Waals surface area contributed by atoms with Crippen LogP contribution in [0.4, 0.5) is 5.82 Å². The number of fused-ring (bicyclic) bond motifs is 4. The van der Waals surface area contributed by atoms with E-state index in [1.54, 1.807) is 11.5 Å². The van der Waals surface area contributed by atoms with Crippen molar-refractivity contribution in [2.24, 2.45) is 10.9 Å². The number of carbonyl (C=O) groups excluding carboxylic acids is 1. The van der Waals surface area contributed by atoms with E-state index in [0.717, 1.165) is 24.2 Å². The molecule has 0 amide bonds. The monoisotopic (exact) mass is 266 g/mol. The highest BCUT2D eigenvalue weighted by Crippen LogP contribution is 2.40. The second-order valence-corrected chi connectivity index (χ2v) is 5.92. The van der Waals surface area contributed by atoms with Crippen LogP contribution in [0.15, 0.2) is 29.3 Å². The molecule has 2 heterocycles. The maximum Gasteiger partial charge on any atom is 0.229 e. The molecule has 1 aliphatic carbocycles. The van der Waals surface area contributed by atoms with Gasteiger partial charge < -0.3 is 0 Å². The van der Waals surface area contributed by atoms with Crippen LogP contribution in [-0.2, 0) is 6.42 Å². The Morgan fingerprint density at radius 1 is 1.30 bits per heavy atom. The van der Waals surface area contributed by atoms with Crippen molar-refractivity contribution in [1.29, 1.82) is 0 Å². The lowest BCUT2D eigenvalue weighted by atomic mass is 9.81. The van der Waals surface area contributed by atoms with Crippen molar-refractivity contribution < 1.29 is 4.79 Å². The van der Waals surface area contributed by atoms with Crippen molar-refractivity contribution in [3.63, 3.8) is 0 Å². The van der Waals surface area contributed by atoms with E-state index in [4.69, 9.17) is 4.99 Å². The van der Waals surface area contributed by atoms with Crippen molar-refractivity contribution in [2.45, 2.75) is 39.0 Å². The van der Waals surface area contributed by atoms with Crippen LogP contribution in [0.2, 0.25) is 0 Å². The number of para-hydroxylation sites is 1. The normalized spacial score (nSPS) is 21.2. The van der Waals surface area contributed by atoms with Crippen LogP contribution in [0.3, 0.4) is 0 Å². The highest BCUT2D eigenvalue weighted by Gasteiger charge is 2.30. The topological polar surface area (TPSA) is 34.4 Å². The molecule has 1 unspecified atom stereocenters. The molecule has 102 valence electrons. The Morgan fingerprint density at radius 2 is 2.15 bits per heavy atom. The Morgan fingerprint density at radius 3 is 3.00 bits per heavy atom. The number of carbonyl (C=O) groups is 1. The summed E-state index contributed by atoms with van der Waals surface area (Å²) in [5, 5.41) is 1.20. The van der Waals surface area contributed by atoms with Crippen molar-refractivity contribution in [3.05, 3.63) is 29.8 Å². The second-order valence-electron chi connectivity index (χ2n) is 5.92. The van der Waals surface area contributed by atoms with Crippen LogP contribution in [0.25, 0.3) is 10.9 Å². The minimum absolute atomic E-state index is 0.0565. The largest absolute Gasteiger partial charge is 0.274 e. The molecule has 0 spiro atoms. The summed E-state index contributed by atoms with van der Waals surface area (Å²) in [5.74, 6) is 1.55. The van der Waals surface area contributed by atoms with Gasteiger partial charge in [-0.3, -0.25) is 9.36 Å². The maximum atomic E-state index is 12.0. The lowest BCUT2D eigenvalue weighted by Crippen LogP contribution is -2.24. The Balaban J connectivity index is 2.02. The molecule has 0 radical (unpaired) electrons. The summed E-state index contributed by atoms with van der Waals surface area (Å²) in [5.41, 5.74) is 3.59. The quantitative estimate of drug-likeness (QED) is 0.706. The Labute approximate surface area is 118 Å². The first-order valence-corrected chi connectivity index (χ1v) is 7.46. The first kappa shape index (κ1) is 11.9. The van der Waals surface area contributed by atoms with Gasteiger partial charge in [0.2, 0.25) is 5.91 Å². The van der Waals surface area contributed by atoms with Gasteiger partial charge in [-0.2, -0.15) is 0 Å². The highest BCUT2D eigenvalue weighted by atomic mass is 16.1. The second kappa shape index (κ2) is 4.30. The lowest BCUT2D eigenvalue weighted by molar-refractivity contribution is 0.0943. The van der Waals surface area contributed by atoms with E-state index in [0.29, 0.717) is 5.92 Å². The summed E-state index contributed by atoms with van der Waals surface area (Å²) in [6.07, 6.45) is 5.95. The first-order valence-electron chi connectivity index (χ1n) is 7.46. The summed E-state index contributed by atoms with van der Waals surface area (Å²) in [6, 6.07) is 8.19. The number of hydrogen-bond donors (Lipinski definition) is 0. The van der Waals surface area contributed by atoms with Gasteiger partial charge in [0.15, 0.2) is 0 Å². The molecule has 0 saturated heterocycles. The zero-order valence-corrected chi connectivity index (χ0v) is 11.7. The fourth-order valence-electron chi connectivity index (χ4n) is 3.75. The minimum Gasteiger partial charge on any atom is -0.274 e. The van der Waals surface area contributed by atoms with Crippen molar-refractivity contribution in [1.82, 2.24) is 4.57 Å². The predicted molar refractivity (Wildman–Crippen MR) is 81.0 cm³/mol. The third-order valence-electron chi connectivity index (χ3n) is 4.67. The maximum absolute atomic E-state index is 12.0. The average molecular weight is 266 g/mol. The molecular weight excluding hydrogens is 248 g/mol. The minimum atomic E-state index is 0.0565. The SMILES string of the molecule is CC(=O)n1c2c(c3ccccc31)CC1CCCCC1=N2. The molecule has 20 heavy (non-hydrogen) atoms. The van der Waals surface area contributed by atoms with Crippen LogP contribution < -0.4 is 0 Å². The molecule has 1 atom stereocenters. The standard InChI is InChI=1S/C17H18N2O/c1-11(20)19-16-9-5-3-7-13(16)14-10-12-6-2-4-8-15(12)18-17(14)19/h3,5,7,9,12H,2,4,6,8,10H2,1H3. The van der Waals surface area contributed by atoms with Gasteiger partial charge in [-0.15, -0.1) is 0 Å². The summed E-state index contributed by atoms with van der Waals surface area (Å²) >= 11 is 0. The van der Waals surface area contributed by atoms with E-state index in [2.05, 4.69) is 6.07 Å². The van der Waals surface area contributed by atoms with E-state index < -0.39 is 0 Å². The number of aromatic nitrogens is 1.